The van der Waals surface area contributed by atoms with Crippen LogP contribution in [0.15, 0.2) is 0 Å². The lowest BCUT2D eigenvalue weighted by Crippen LogP contribution is -2.54. The maximum absolute atomic E-state index is 12.2. The van der Waals surface area contributed by atoms with Crippen LogP contribution in [0.1, 0.15) is 46.0 Å². The van der Waals surface area contributed by atoms with Gasteiger partial charge in [0, 0.05) is 43.7 Å². The van der Waals surface area contributed by atoms with E-state index in [9.17, 15) is 4.79 Å². The molecule has 5 nitrogen and oxygen atoms in total. The number of fused-ring (bicyclic) bond motifs is 2. The highest BCUT2D eigenvalue weighted by Gasteiger charge is 2.34. The van der Waals surface area contributed by atoms with Crippen LogP contribution in [0.5, 0.6) is 0 Å². The molecule has 0 aromatic heterocycles. The van der Waals surface area contributed by atoms with Gasteiger partial charge in [-0.1, -0.05) is 0 Å². The summed E-state index contributed by atoms with van der Waals surface area (Å²) in [6.45, 7) is 8.62. The van der Waals surface area contributed by atoms with Gasteiger partial charge in [0.25, 0.3) is 0 Å². The summed E-state index contributed by atoms with van der Waals surface area (Å²) in [4.78, 5) is 14.6. The summed E-state index contributed by atoms with van der Waals surface area (Å²) in [6, 6.07) is 1.34. The first-order valence-corrected chi connectivity index (χ1v) is 8.88. The minimum Gasteiger partial charge on any atom is -0.378 e. The number of nitrogens with one attached hydrogen (secondary N) is 2. The Bertz CT molecular complexity index is 397. The lowest BCUT2D eigenvalue weighted by Gasteiger charge is -2.42. The number of morpholine rings is 1. The van der Waals surface area contributed by atoms with Gasteiger partial charge >= 0.3 is 0 Å². The van der Waals surface area contributed by atoms with Crippen molar-refractivity contribution in [3.63, 3.8) is 0 Å². The predicted octanol–water partition coefficient (Wildman–Crippen LogP) is 1.98. The summed E-state index contributed by atoms with van der Waals surface area (Å²) in [5.74, 6) is 0.816. The van der Waals surface area contributed by atoms with Crippen LogP contribution in [-0.2, 0) is 9.53 Å². The Hall–Kier alpha value is -0.0700. The molecule has 0 saturated carbocycles. The fourth-order valence-electron chi connectivity index (χ4n) is 4.31. The number of nitrogens with zero attached hydrogens (tertiary/aromatic N) is 1. The molecule has 7 heteroatoms. The van der Waals surface area contributed by atoms with Crippen LogP contribution in [0.25, 0.3) is 0 Å². The number of rotatable bonds is 5. The summed E-state index contributed by atoms with van der Waals surface area (Å²) in [6.07, 6.45) is 5.67. The molecule has 142 valence electrons. The Balaban J connectivity index is 0.00000144. The molecule has 2 bridgehead atoms. The Morgan fingerprint density at radius 3 is 2.54 bits per heavy atom. The number of ether oxygens (including phenoxy) is 1. The summed E-state index contributed by atoms with van der Waals surface area (Å²) in [5, 5.41) is 6.76. The Morgan fingerprint density at radius 1 is 1.25 bits per heavy atom. The third kappa shape index (κ3) is 5.73. The van der Waals surface area contributed by atoms with E-state index >= 15 is 0 Å². The molecule has 0 spiro atoms. The second kappa shape index (κ2) is 9.58. The number of hydrogen-bond acceptors (Lipinski definition) is 4. The number of amides is 1. The van der Waals surface area contributed by atoms with E-state index in [-0.39, 0.29) is 36.3 Å². The van der Waals surface area contributed by atoms with Gasteiger partial charge in [0.1, 0.15) is 0 Å². The zero-order chi connectivity index (χ0) is 15.6. The highest BCUT2D eigenvalue weighted by atomic mass is 35.5. The van der Waals surface area contributed by atoms with Gasteiger partial charge in [0.2, 0.25) is 5.91 Å². The van der Waals surface area contributed by atoms with E-state index in [1.165, 1.54) is 25.7 Å². The zero-order valence-corrected chi connectivity index (χ0v) is 16.5. The maximum atomic E-state index is 12.2. The van der Waals surface area contributed by atoms with Crippen LogP contribution in [0.4, 0.5) is 0 Å². The van der Waals surface area contributed by atoms with Crippen molar-refractivity contribution in [2.24, 2.45) is 5.92 Å². The average molecular weight is 382 g/mol. The van der Waals surface area contributed by atoms with Crippen LogP contribution in [0, 0.1) is 5.92 Å². The molecule has 2 N–H and O–H groups in total. The van der Waals surface area contributed by atoms with E-state index in [4.69, 9.17) is 4.74 Å². The number of piperidine rings is 1. The first kappa shape index (κ1) is 22.0. The van der Waals surface area contributed by atoms with E-state index in [0.717, 1.165) is 32.8 Å². The molecule has 0 aromatic rings. The lowest BCUT2D eigenvalue weighted by molar-refractivity contribution is -0.122. The van der Waals surface area contributed by atoms with E-state index in [0.29, 0.717) is 24.4 Å². The molecule has 0 radical (unpaired) electrons. The van der Waals surface area contributed by atoms with E-state index in [1.807, 2.05) is 0 Å². The smallest absolute Gasteiger partial charge is 0.220 e. The molecule has 24 heavy (non-hydrogen) atoms. The van der Waals surface area contributed by atoms with Crippen LogP contribution in [0.2, 0.25) is 0 Å². The highest BCUT2D eigenvalue weighted by Crippen LogP contribution is 2.32. The predicted molar refractivity (Wildman–Crippen MR) is 101 cm³/mol. The second-order valence-corrected chi connectivity index (χ2v) is 7.88. The van der Waals surface area contributed by atoms with Crippen molar-refractivity contribution in [1.29, 1.82) is 0 Å². The molecule has 0 aromatic carbocycles. The summed E-state index contributed by atoms with van der Waals surface area (Å²) >= 11 is 0. The van der Waals surface area contributed by atoms with Crippen molar-refractivity contribution in [2.45, 2.75) is 63.6 Å². The molecule has 3 rings (SSSR count). The molecule has 0 aliphatic carbocycles. The van der Waals surface area contributed by atoms with Crippen LogP contribution < -0.4 is 10.6 Å². The van der Waals surface area contributed by atoms with Crippen molar-refractivity contribution in [3.8, 4) is 0 Å². The van der Waals surface area contributed by atoms with Gasteiger partial charge < -0.3 is 15.4 Å². The normalized spacial score (nSPS) is 31.7. The monoisotopic (exact) mass is 381 g/mol. The van der Waals surface area contributed by atoms with Gasteiger partial charge in [-0.15, -0.1) is 24.8 Å². The van der Waals surface area contributed by atoms with E-state index < -0.39 is 0 Å². The lowest BCUT2D eigenvalue weighted by atomic mass is 9.89. The van der Waals surface area contributed by atoms with Crippen molar-refractivity contribution >= 4 is 30.7 Å². The zero-order valence-electron chi connectivity index (χ0n) is 14.9. The molecular formula is C17H33Cl2N3O2. The van der Waals surface area contributed by atoms with E-state index in [1.54, 1.807) is 0 Å². The summed E-state index contributed by atoms with van der Waals surface area (Å²) in [5.41, 5.74) is 0.0806. The highest BCUT2D eigenvalue weighted by molar-refractivity contribution is 5.85. The number of carbonyl (C=O) groups excluding carboxylic acids is 1. The SMILES string of the molecule is CC1(C)COCCN1CCNC(=O)CC1CC2CCC(C1)N2.Cl.Cl. The minimum atomic E-state index is 0. The van der Waals surface area contributed by atoms with Gasteiger partial charge in [-0.05, 0) is 45.4 Å². The van der Waals surface area contributed by atoms with E-state index in [2.05, 4.69) is 29.4 Å². The Labute approximate surface area is 158 Å². The standard InChI is InChI=1S/C17H31N3O2.2ClH/c1-17(2)12-22-8-7-20(17)6-5-18-16(21)11-13-9-14-3-4-15(10-13)19-14;;/h13-15,19H,3-12H2,1-2H3,(H,18,21);2*1H. The molecular weight excluding hydrogens is 349 g/mol. The van der Waals surface area contributed by atoms with Crippen molar-refractivity contribution < 1.29 is 9.53 Å². The van der Waals surface area contributed by atoms with Crippen LogP contribution in [-0.4, -0.2) is 61.3 Å². The molecule has 3 fully saturated rings. The first-order valence-electron chi connectivity index (χ1n) is 8.88. The molecule has 2 unspecified atom stereocenters. The third-order valence-electron chi connectivity index (χ3n) is 5.57. The topological polar surface area (TPSA) is 53.6 Å². The van der Waals surface area contributed by atoms with Gasteiger partial charge in [-0.25, -0.2) is 0 Å². The van der Waals surface area contributed by atoms with Crippen molar-refractivity contribution in [1.82, 2.24) is 15.5 Å². The summed E-state index contributed by atoms with van der Waals surface area (Å²) in [7, 11) is 0. The molecule has 3 heterocycles. The van der Waals surface area contributed by atoms with Crippen molar-refractivity contribution in [3.05, 3.63) is 0 Å². The van der Waals surface area contributed by atoms with Gasteiger partial charge in [0.15, 0.2) is 0 Å². The van der Waals surface area contributed by atoms with Crippen LogP contribution >= 0.6 is 24.8 Å². The average Bonchev–Trinajstić information content (AvgIpc) is 2.79. The maximum Gasteiger partial charge on any atom is 0.220 e. The number of carbonyl (C=O) groups is 1. The summed E-state index contributed by atoms with van der Waals surface area (Å²) < 4.78 is 5.53. The fourth-order valence-corrected chi connectivity index (χ4v) is 4.31. The van der Waals surface area contributed by atoms with Crippen LogP contribution in [0.3, 0.4) is 0 Å². The minimum absolute atomic E-state index is 0. The first-order chi connectivity index (χ1) is 10.5. The fraction of sp³-hybridized carbons (Fsp3) is 0.941. The van der Waals surface area contributed by atoms with Gasteiger partial charge in [-0.2, -0.15) is 0 Å². The van der Waals surface area contributed by atoms with Gasteiger partial charge in [-0.3, -0.25) is 9.69 Å². The second-order valence-electron chi connectivity index (χ2n) is 7.88. The quantitative estimate of drug-likeness (QED) is 0.764. The molecule has 2 atom stereocenters. The molecule has 3 aliphatic heterocycles. The Kier molecular flexibility index (Phi) is 8.77. The van der Waals surface area contributed by atoms with Crippen molar-refractivity contribution in [2.75, 3.05) is 32.8 Å². The number of halogens is 2. The van der Waals surface area contributed by atoms with Gasteiger partial charge in [0.05, 0.1) is 13.2 Å². The largest absolute Gasteiger partial charge is 0.378 e. The molecule has 1 amide bonds. The molecule has 3 saturated heterocycles. The third-order valence-corrected chi connectivity index (χ3v) is 5.57. The number of hydrogen-bond donors (Lipinski definition) is 2. The molecule has 3 aliphatic rings. The Morgan fingerprint density at radius 2 is 1.92 bits per heavy atom.